The van der Waals surface area contributed by atoms with Gasteiger partial charge in [-0.1, -0.05) is 25.2 Å². The maximum absolute atomic E-state index is 10.3. The molecule has 1 unspecified atom stereocenters. The number of benzene rings is 1. The van der Waals surface area contributed by atoms with Crippen LogP contribution < -0.4 is 4.74 Å². The molecule has 2 heteroatoms. The van der Waals surface area contributed by atoms with Crippen LogP contribution in [0.2, 0.25) is 0 Å². The van der Waals surface area contributed by atoms with Gasteiger partial charge in [-0.2, -0.15) is 0 Å². The van der Waals surface area contributed by atoms with Gasteiger partial charge in [-0.3, -0.25) is 0 Å². The van der Waals surface area contributed by atoms with Crippen molar-refractivity contribution >= 4 is 0 Å². The highest BCUT2D eigenvalue weighted by Gasteiger charge is 2.36. The quantitative estimate of drug-likeness (QED) is 0.759. The van der Waals surface area contributed by atoms with Gasteiger partial charge < -0.3 is 9.84 Å². The van der Waals surface area contributed by atoms with E-state index in [-0.39, 0.29) is 5.92 Å². The lowest BCUT2D eigenvalue weighted by Gasteiger charge is -2.37. The first-order chi connectivity index (χ1) is 9.10. The number of fused-ring (bicyclic) bond motifs is 3. The van der Waals surface area contributed by atoms with Crippen LogP contribution in [0.1, 0.15) is 43.7 Å². The van der Waals surface area contributed by atoms with Gasteiger partial charge in [0.2, 0.25) is 0 Å². The lowest BCUT2D eigenvalue weighted by Crippen LogP contribution is -2.25. The summed E-state index contributed by atoms with van der Waals surface area (Å²) in [6, 6.07) is 3.90. The molecule has 2 atom stereocenters. The first kappa shape index (κ1) is 12.3. The molecule has 0 bridgehead atoms. The van der Waals surface area contributed by atoms with Crippen LogP contribution >= 0.6 is 0 Å². The van der Waals surface area contributed by atoms with Crippen LogP contribution in [0, 0.1) is 5.92 Å². The van der Waals surface area contributed by atoms with Crippen LogP contribution in [0.15, 0.2) is 36.1 Å². The van der Waals surface area contributed by atoms with Gasteiger partial charge in [0.05, 0.1) is 0 Å². The molecule has 0 radical (unpaired) electrons. The number of rotatable bonds is 1. The average Bonchev–Trinajstić information content (AvgIpc) is 2.37. The van der Waals surface area contributed by atoms with Crippen LogP contribution in [0.4, 0.5) is 0 Å². The Balaban J connectivity index is 2.16. The van der Waals surface area contributed by atoms with Gasteiger partial charge in [0, 0.05) is 17.4 Å². The summed E-state index contributed by atoms with van der Waals surface area (Å²) < 4.78 is 5.88. The van der Waals surface area contributed by atoms with Gasteiger partial charge in [-0.25, -0.2) is 0 Å². The summed E-state index contributed by atoms with van der Waals surface area (Å²) in [6.07, 6.45) is 5.30. The first-order valence-electron chi connectivity index (χ1n) is 7.00. The SMILES string of the molecule is C=C1Oc2cc(CC)cc(O)c2C2C=C(C)CC[C@H]12. The molecule has 1 aromatic carbocycles. The molecule has 2 aliphatic rings. The van der Waals surface area contributed by atoms with Crippen molar-refractivity contribution in [1.82, 2.24) is 0 Å². The zero-order valence-corrected chi connectivity index (χ0v) is 11.6. The molecule has 1 N–H and O–H groups in total. The van der Waals surface area contributed by atoms with Crippen LogP contribution in [-0.4, -0.2) is 5.11 Å². The number of aryl methyl sites for hydroxylation is 1. The molecular weight excluding hydrogens is 236 g/mol. The molecule has 19 heavy (non-hydrogen) atoms. The molecule has 0 saturated carbocycles. The first-order valence-corrected chi connectivity index (χ1v) is 7.00. The minimum atomic E-state index is 0.218. The van der Waals surface area contributed by atoms with Gasteiger partial charge in [0.1, 0.15) is 17.3 Å². The van der Waals surface area contributed by atoms with Gasteiger partial charge in [-0.15, -0.1) is 0 Å². The van der Waals surface area contributed by atoms with E-state index in [9.17, 15) is 5.11 Å². The van der Waals surface area contributed by atoms with Gasteiger partial charge in [0.25, 0.3) is 0 Å². The summed E-state index contributed by atoms with van der Waals surface area (Å²) in [4.78, 5) is 0. The van der Waals surface area contributed by atoms with Crippen molar-refractivity contribution in [1.29, 1.82) is 0 Å². The zero-order valence-electron chi connectivity index (χ0n) is 11.6. The Kier molecular flexibility index (Phi) is 2.89. The second-order valence-electron chi connectivity index (χ2n) is 5.63. The highest BCUT2D eigenvalue weighted by Crippen LogP contribution is 2.50. The zero-order chi connectivity index (χ0) is 13.6. The predicted molar refractivity (Wildman–Crippen MR) is 76.5 cm³/mol. The highest BCUT2D eigenvalue weighted by atomic mass is 16.5. The maximum atomic E-state index is 10.3. The van der Waals surface area contributed by atoms with Crippen molar-refractivity contribution < 1.29 is 9.84 Å². The fourth-order valence-corrected chi connectivity index (χ4v) is 3.22. The van der Waals surface area contributed by atoms with Gasteiger partial charge in [0.15, 0.2) is 0 Å². The smallest absolute Gasteiger partial charge is 0.134 e. The fraction of sp³-hybridized carbons (Fsp3) is 0.412. The van der Waals surface area contributed by atoms with E-state index in [1.165, 1.54) is 5.57 Å². The molecule has 1 aliphatic carbocycles. The van der Waals surface area contributed by atoms with Crippen molar-refractivity contribution in [2.75, 3.05) is 0 Å². The summed E-state index contributed by atoms with van der Waals surface area (Å²) in [5.74, 6) is 2.51. The van der Waals surface area contributed by atoms with E-state index >= 15 is 0 Å². The largest absolute Gasteiger partial charge is 0.507 e. The lowest BCUT2D eigenvalue weighted by molar-refractivity contribution is 0.275. The standard InChI is InChI=1S/C17H20O2/c1-4-12-8-15(18)17-14-7-10(2)5-6-13(14)11(3)19-16(17)9-12/h7-9,13-14,18H,3-6H2,1-2H3/t13-,14?/m1/s1. The molecule has 1 heterocycles. The van der Waals surface area contributed by atoms with Crippen molar-refractivity contribution in [3.05, 3.63) is 47.2 Å². The summed E-state index contributed by atoms with van der Waals surface area (Å²) in [7, 11) is 0. The molecular formula is C17H20O2. The van der Waals surface area contributed by atoms with E-state index in [4.69, 9.17) is 4.74 Å². The van der Waals surface area contributed by atoms with Crippen molar-refractivity contribution in [3.63, 3.8) is 0 Å². The van der Waals surface area contributed by atoms with Crippen LogP contribution in [-0.2, 0) is 6.42 Å². The molecule has 0 aromatic heterocycles. The molecule has 2 nitrogen and oxygen atoms in total. The Morgan fingerprint density at radius 2 is 2.21 bits per heavy atom. The van der Waals surface area contributed by atoms with E-state index in [0.717, 1.165) is 41.9 Å². The second-order valence-corrected chi connectivity index (χ2v) is 5.63. The molecule has 0 amide bonds. The number of ether oxygens (including phenoxy) is 1. The van der Waals surface area contributed by atoms with Crippen LogP contribution in [0.3, 0.4) is 0 Å². The monoisotopic (exact) mass is 256 g/mol. The third-order valence-corrected chi connectivity index (χ3v) is 4.32. The minimum Gasteiger partial charge on any atom is -0.507 e. The fourth-order valence-electron chi connectivity index (χ4n) is 3.22. The average molecular weight is 256 g/mol. The molecule has 100 valence electrons. The molecule has 1 aliphatic heterocycles. The number of aromatic hydroxyl groups is 1. The molecule has 0 spiro atoms. The lowest BCUT2D eigenvalue weighted by atomic mass is 9.74. The summed E-state index contributed by atoms with van der Waals surface area (Å²) in [6.45, 7) is 8.31. The maximum Gasteiger partial charge on any atom is 0.134 e. The van der Waals surface area contributed by atoms with Crippen LogP contribution in [0.25, 0.3) is 0 Å². The Hall–Kier alpha value is -1.70. The Morgan fingerprint density at radius 1 is 1.42 bits per heavy atom. The van der Waals surface area contributed by atoms with Gasteiger partial charge in [-0.05, 0) is 43.9 Å². The third kappa shape index (κ3) is 1.95. The topological polar surface area (TPSA) is 29.5 Å². The second kappa shape index (κ2) is 4.44. The van der Waals surface area contributed by atoms with E-state index in [1.54, 1.807) is 0 Å². The Bertz CT molecular complexity index is 569. The van der Waals surface area contributed by atoms with Crippen molar-refractivity contribution in [2.45, 2.75) is 39.0 Å². The summed E-state index contributed by atoms with van der Waals surface area (Å²) in [5.41, 5.74) is 3.42. The normalized spacial score (nSPS) is 25.2. The van der Waals surface area contributed by atoms with Crippen LogP contribution in [0.5, 0.6) is 11.5 Å². The number of hydrogen-bond acceptors (Lipinski definition) is 2. The molecule has 0 fully saturated rings. The van der Waals surface area contributed by atoms with E-state index in [2.05, 4.69) is 26.5 Å². The molecule has 3 rings (SSSR count). The Labute approximate surface area is 114 Å². The summed E-state index contributed by atoms with van der Waals surface area (Å²) >= 11 is 0. The number of phenolic OH excluding ortho intramolecular Hbond substituents is 1. The number of allylic oxidation sites excluding steroid dienone is 3. The molecule has 1 aromatic rings. The molecule has 0 saturated heterocycles. The van der Waals surface area contributed by atoms with Crippen molar-refractivity contribution in [3.8, 4) is 11.5 Å². The van der Waals surface area contributed by atoms with E-state index in [1.807, 2.05) is 12.1 Å². The Morgan fingerprint density at radius 3 is 2.95 bits per heavy atom. The van der Waals surface area contributed by atoms with E-state index < -0.39 is 0 Å². The highest BCUT2D eigenvalue weighted by molar-refractivity contribution is 5.54. The van der Waals surface area contributed by atoms with E-state index in [0.29, 0.717) is 11.7 Å². The minimum absolute atomic E-state index is 0.218. The third-order valence-electron chi connectivity index (χ3n) is 4.32. The summed E-state index contributed by atoms with van der Waals surface area (Å²) in [5, 5.41) is 10.3. The predicted octanol–water partition coefficient (Wildman–Crippen LogP) is 4.30. The number of phenols is 1. The number of hydrogen-bond donors (Lipinski definition) is 1. The van der Waals surface area contributed by atoms with Crippen molar-refractivity contribution in [2.24, 2.45) is 5.92 Å². The van der Waals surface area contributed by atoms with Gasteiger partial charge >= 0.3 is 0 Å².